The molecule has 2 saturated heterocycles. The number of aliphatic hydroxyl groups excluding tert-OH is 1. The molecule has 2 heterocycles. The van der Waals surface area contributed by atoms with Crippen molar-refractivity contribution in [2.75, 3.05) is 32.8 Å². The Balaban J connectivity index is 1.21. The van der Waals surface area contributed by atoms with Crippen LogP contribution >= 0.6 is 0 Å². The normalized spacial score (nSPS) is 20.5. The van der Waals surface area contributed by atoms with Crippen LogP contribution in [0.1, 0.15) is 73.2 Å². The minimum absolute atomic E-state index is 0.000629. The second kappa shape index (κ2) is 16.6. The second-order valence-corrected chi connectivity index (χ2v) is 11.8. The number of morpholine rings is 1. The van der Waals surface area contributed by atoms with E-state index in [-0.39, 0.29) is 31.1 Å². The fraction of sp³-hybridized carbons (Fsp3) is 0.444. The third-order valence-corrected chi connectivity index (χ3v) is 8.41. The van der Waals surface area contributed by atoms with Gasteiger partial charge in [0.15, 0.2) is 6.29 Å². The molecular formula is C36H44N2O7. The molecule has 3 aromatic rings. The number of hydrogen-bond acceptors (Lipinski definition) is 7. The molecule has 0 aromatic heterocycles. The van der Waals surface area contributed by atoms with Gasteiger partial charge in [-0.15, -0.1) is 0 Å². The molecule has 2 fully saturated rings. The highest BCUT2D eigenvalue weighted by molar-refractivity contribution is 5.76. The Bertz CT molecular complexity index is 1370. The number of amides is 1. The Kier molecular flexibility index (Phi) is 12.1. The van der Waals surface area contributed by atoms with Crippen molar-refractivity contribution in [1.29, 1.82) is 0 Å². The molecule has 0 spiro atoms. The summed E-state index contributed by atoms with van der Waals surface area (Å²) in [6.07, 6.45) is 2.67. The van der Waals surface area contributed by atoms with E-state index >= 15 is 0 Å². The number of carboxylic acids is 1. The lowest BCUT2D eigenvalue weighted by atomic mass is 9.99. The molecule has 0 saturated carbocycles. The van der Waals surface area contributed by atoms with Crippen LogP contribution in [0.25, 0.3) is 11.1 Å². The zero-order valence-corrected chi connectivity index (χ0v) is 25.7. The van der Waals surface area contributed by atoms with Crippen LogP contribution in [0, 0.1) is 0 Å². The van der Waals surface area contributed by atoms with Crippen LogP contribution in [0.15, 0.2) is 72.8 Å². The largest absolute Gasteiger partial charge is 0.481 e. The molecule has 9 heteroatoms. The van der Waals surface area contributed by atoms with Gasteiger partial charge in [0.2, 0.25) is 5.91 Å². The van der Waals surface area contributed by atoms with Gasteiger partial charge in [-0.1, -0.05) is 73.2 Å². The topological polar surface area (TPSA) is 118 Å². The lowest BCUT2D eigenvalue weighted by Crippen LogP contribution is -2.44. The van der Waals surface area contributed by atoms with Crippen LogP contribution in [-0.2, 0) is 37.0 Å². The molecule has 0 aliphatic carbocycles. The molecule has 9 nitrogen and oxygen atoms in total. The lowest BCUT2D eigenvalue weighted by molar-refractivity contribution is -0.253. The molecule has 240 valence electrons. The lowest BCUT2D eigenvalue weighted by Gasteiger charge is -2.39. The van der Waals surface area contributed by atoms with Crippen molar-refractivity contribution in [2.24, 2.45) is 0 Å². The number of nitrogens with zero attached hydrogens (tertiary/aromatic N) is 1. The minimum Gasteiger partial charge on any atom is -0.481 e. The van der Waals surface area contributed by atoms with Gasteiger partial charge >= 0.3 is 5.97 Å². The summed E-state index contributed by atoms with van der Waals surface area (Å²) in [6, 6.07) is 24.4. The van der Waals surface area contributed by atoms with Crippen molar-refractivity contribution in [2.45, 2.75) is 70.2 Å². The predicted molar refractivity (Wildman–Crippen MR) is 170 cm³/mol. The predicted octanol–water partition coefficient (Wildman–Crippen LogP) is 5.37. The van der Waals surface area contributed by atoms with E-state index in [1.165, 1.54) is 0 Å². The quantitative estimate of drug-likeness (QED) is 0.207. The van der Waals surface area contributed by atoms with E-state index in [1.807, 2.05) is 36.4 Å². The summed E-state index contributed by atoms with van der Waals surface area (Å²) in [4.78, 5) is 25.3. The van der Waals surface area contributed by atoms with Gasteiger partial charge in [-0.05, 0) is 46.7 Å². The monoisotopic (exact) mass is 616 g/mol. The summed E-state index contributed by atoms with van der Waals surface area (Å²) in [5, 5.41) is 21.2. The van der Waals surface area contributed by atoms with Gasteiger partial charge in [-0.3, -0.25) is 14.5 Å². The van der Waals surface area contributed by atoms with Crippen molar-refractivity contribution in [1.82, 2.24) is 10.2 Å². The Morgan fingerprint density at radius 2 is 1.56 bits per heavy atom. The van der Waals surface area contributed by atoms with E-state index in [1.54, 1.807) is 0 Å². The summed E-state index contributed by atoms with van der Waals surface area (Å²) in [5.41, 5.74) is 6.03. The highest BCUT2D eigenvalue weighted by Crippen LogP contribution is 2.38. The SMILES string of the molecule is O=C(O)CCCCCC(=O)NCc1cccc(-c2ccc([C@H]3O[C@@H](CN4CCOCC4)C[C@@H](c4ccc(CO)cc4)O3)cc2)c1. The zero-order chi connectivity index (χ0) is 31.4. The zero-order valence-electron chi connectivity index (χ0n) is 25.7. The first-order chi connectivity index (χ1) is 22.0. The van der Waals surface area contributed by atoms with E-state index in [9.17, 15) is 14.7 Å². The van der Waals surface area contributed by atoms with Gasteiger partial charge in [0.25, 0.3) is 0 Å². The van der Waals surface area contributed by atoms with E-state index in [4.69, 9.17) is 19.3 Å². The summed E-state index contributed by atoms with van der Waals surface area (Å²) in [6.45, 7) is 4.54. The first-order valence-corrected chi connectivity index (χ1v) is 16.0. The standard InChI is InChI=1S/C36H44N2O7/c39-25-26-9-11-29(12-10-26)33-22-32(24-38-17-19-43-20-18-38)44-36(45-33)30-15-13-28(14-16-30)31-6-4-5-27(21-31)23-37-34(40)7-2-1-3-8-35(41)42/h4-6,9-16,21,32-33,36,39H,1-3,7-8,17-20,22-25H2,(H,37,40)(H,41,42)/t32-,33+,36+/m1/s1. The smallest absolute Gasteiger partial charge is 0.303 e. The molecular weight excluding hydrogens is 572 g/mol. The summed E-state index contributed by atoms with van der Waals surface area (Å²) in [7, 11) is 0. The van der Waals surface area contributed by atoms with Crippen molar-refractivity contribution in [3.8, 4) is 11.1 Å². The van der Waals surface area contributed by atoms with Gasteiger partial charge < -0.3 is 29.7 Å². The molecule has 2 aliphatic rings. The van der Waals surface area contributed by atoms with Crippen molar-refractivity contribution < 1.29 is 34.0 Å². The number of carbonyl (C=O) groups is 2. The number of aliphatic carboxylic acids is 1. The Hall–Kier alpha value is -3.60. The summed E-state index contributed by atoms with van der Waals surface area (Å²) in [5.74, 6) is -0.824. The summed E-state index contributed by atoms with van der Waals surface area (Å²) < 4.78 is 18.6. The number of aliphatic hydroxyl groups is 1. The molecule has 0 radical (unpaired) electrons. The maximum Gasteiger partial charge on any atom is 0.303 e. The molecule has 3 aromatic carbocycles. The highest BCUT2D eigenvalue weighted by Gasteiger charge is 2.33. The number of unbranched alkanes of at least 4 members (excludes halogenated alkanes) is 2. The highest BCUT2D eigenvalue weighted by atomic mass is 16.7. The van der Waals surface area contributed by atoms with Crippen LogP contribution < -0.4 is 5.32 Å². The third-order valence-electron chi connectivity index (χ3n) is 8.41. The van der Waals surface area contributed by atoms with Crippen LogP contribution in [0.5, 0.6) is 0 Å². The van der Waals surface area contributed by atoms with Gasteiger partial charge in [0.1, 0.15) is 0 Å². The van der Waals surface area contributed by atoms with Gasteiger partial charge in [-0.2, -0.15) is 0 Å². The first-order valence-electron chi connectivity index (χ1n) is 16.0. The second-order valence-electron chi connectivity index (χ2n) is 11.8. The number of benzene rings is 3. The maximum atomic E-state index is 12.3. The fourth-order valence-electron chi connectivity index (χ4n) is 5.83. The van der Waals surface area contributed by atoms with Gasteiger partial charge in [0, 0.05) is 51.0 Å². The van der Waals surface area contributed by atoms with E-state index in [2.05, 4.69) is 46.6 Å². The third kappa shape index (κ3) is 9.94. The number of nitrogens with one attached hydrogen (secondary N) is 1. The number of rotatable bonds is 14. The fourth-order valence-corrected chi connectivity index (χ4v) is 5.83. The molecule has 0 unspecified atom stereocenters. The van der Waals surface area contributed by atoms with E-state index in [0.717, 1.165) is 79.1 Å². The maximum absolute atomic E-state index is 12.3. The van der Waals surface area contributed by atoms with Gasteiger partial charge in [0.05, 0.1) is 32.0 Å². The van der Waals surface area contributed by atoms with Crippen molar-refractivity contribution in [3.05, 3.63) is 95.1 Å². The van der Waals surface area contributed by atoms with Gasteiger partial charge in [-0.25, -0.2) is 0 Å². The molecule has 0 bridgehead atoms. The average Bonchev–Trinajstić information content (AvgIpc) is 3.07. The molecule has 5 rings (SSSR count). The van der Waals surface area contributed by atoms with Crippen LogP contribution in [0.3, 0.4) is 0 Å². The van der Waals surface area contributed by atoms with Crippen molar-refractivity contribution in [3.63, 3.8) is 0 Å². The Morgan fingerprint density at radius 1 is 0.822 bits per heavy atom. The summed E-state index contributed by atoms with van der Waals surface area (Å²) >= 11 is 0. The Labute approximate surface area is 265 Å². The van der Waals surface area contributed by atoms with Crippen LogP contribution in [-0.4, -0.2) is 65.9 Å². The Morgan fingerprint density at radius 3 is 2.29 bits per heavy atom. The molecule has 45 heavy (non-hydrogen) atoms. The molecule has 1 amide bonds. The number of carboxylic acid groups (broad SMARTS) is 1. The number of carbonyl (C=O) groups excluding carboxylic acids is 1. The molecule has 3 atom stereocenters. The minimum atomic E-state index is -0.798. The van der Waals surface area contributed by atoms with Crippen LogP contribution in [0.4, 0.5) is 0 Å². The van der Waals surface area contributed by atoms with Crippen molar-refractivity contribution >= 4 is 11.9 Å². The van der Waals surface area contributed by atoms with E-state index < -0.39 is 12.3 Å². The van der Waals surface area contributed by atoms with Crippen LogP contribution in [0.2, 0.25) is 0 Å². The molecule has 2 aliphatic heterocycles. The first kappa shape index (κ1) is 32.8. The number of hydrogen-bond donors (Lipinski definition) is 3. The molecule has 3 N–H and O–H groups in total. The number of ether oxygens (including phenoxy) is 3. The van der Waals surface area contributed by atoms with E-state index in [0.29, 0.717) is 25.8 Å². The average molecular weight is 617 g/mol.